The number of rotatable bonds is 0. The summed E-state index contributed by atoms with van der Waals surface area (Å²) >= 11 is 13.3. The largest absolute Gasteiger partial charge is 0.378 e. The van der Waals surface area contributed by atoms with Crippen molar-refractivity contribution in [2.24, 2.45) is 0 Å². The molecule has 0 aliphatic carbocycles. The van der Waals surface area contributed by atoms with E-state index in [4.69, 9.17) is 86.7 Å². The quantitative estimate of drug-likeness (QED) is 0.229. The Kier molecular flexibility index (Phi) is 26.6. The molecule has 6 aliphatic heterocycles. The number of nitrogens with one attached hydrogen (secondary N) is 2. The lowest BCUT2D eigenvalue weighted by Gasteiger charge is -2.09. The fourth-order valence-corrected chi connectivity index (χ4v) is 15.9. The van der Waals surface area contributed by atoms with Gasteiger partial charge in [-0.15, -0.1) is 94.1 Å². The predicted octanol–water partition coefficient (Wildman–Crippen LogP) is 7.10. The van der Waals surface area contributed by atoms with Crippen LogP contribution >= 0.6 is 94.1 Å². The molecule has 0 aromatic carbocycles. The van der Waals surface area contributed by atoms with Gasteiger partial charge in [-0.3, -0.25) is 0 Å². The van der Waals surface area contributed by atoms with E-state index in [2.05, 4.69) is 9.97 Å². The van der Waals surface area contributed by atoms with Gasteiger partial charge in [-0.2, -0.15) is 0 Å². The van der Waals surface area contributed by atoms with Crippen LogP contribution in [0.5, 0.6) is 0 Å². The van der Waals surface area contributed by atoms with Crippen molar-refractivity contribution in [2.75, 3.05) is 205 Å². The zero-order valence-corrected chi connectivity index (χ0v) is 49.0. The van der Waals surface area contributed by atoms with Crippen molar-refractivity contribution in [3.05, 3.63) is 23.3 Å². The number of hydrogen-bond donors (Lipinski definition) is 2. The second kappa shape index (κ2) is 34.2. The molecule has 3 aromatic heterocycles. The third kappa shape index (κ3) is 18.3. The lowest BCUT2D eigenvalue weighted by molar-refractivity contribution is 0.0205. The first-order valence-electron chi connectivity index (χ1n) is 25.6. The first-order valence-corrected chi connectivity index (χ1v) is 33.4. The minimum Gasteiger partial charge on any atom is -0.378 e. The van der Waals surface area contributed by atoms with Gasteiger partial charge in [0.25, 0.3) is 0 Å². The zero-order chi connectivity index (χ0) is 51.7. The van der Waals surface area contributed by atoms with E-state index in [1.807, 2.05) is 0 Å². The summed E-state index contributed by atoms with van der Waals surface area (Å²) in [5.74, 6) is 7.38. The summed E-state index contributed by atoms with van der Waals surface area (Å²) in [5, 5.41) is 0. The van der Waals surface area contributed by atoms with Crippen LogP contribution in [0.1, 0.15) is 23.3 Å². The molecule has 3 aromatic rings. The van der Waals surface area contributed by atoms with Gasteiger partial charge in [-0.25, -0.2) is 29.9 Å². The van der Waals surface area contributed by atoms with Gasteiger partial charge >= 0.3 is 0 Å². The fraction of sp³-hybridized carbons (Fsp3) is 0.667. The minimum atomic E-state index is 0.484. The molecule has 9 rings (SSSR count). The van der Waals surface area contributed by atoms with Crippen LogP contribution in [0.2, 0.25) is 0 Å². The van der Waals surface area contributed by atoms with Crippen molar-refractivity contribution in [1.82, 2.24) is 39.9 Å². The summed E-state index contributed by atoms with van der Waals surface area (Å²) in [6.45, 7) is 12.0. The monoisotopic (exact) mass is 1200 g/mol. The standard InChI is InChI=1S/C48H66N8O12S8/c1-9-61-17-25-69-33-34(70-26-18-62-10-2-57-1)42-49-41(33)53-43-35-36(72-28-20-64-12-4-58-3-11-63-19-27-71-35)45(50-43)55-47-39-40(76-32-24-68-16-8-60-7-15-67-23-31-75-39)48(52-47)56-46-38-37(44(51-46)54-42)73-29-21-65-13-5-59-6-14-66-22-30-74-38/h1-32H2,(H2,49,50,51,52,53,54,55,56). The maximum Gasteiger partial charge on any atom is 0.171 e. The van der Waals surface area contributed by atoms with Crippen LogP contribution in [0.3, 0.4) is 0 Å². The van der Waals surface area contributed by atoms with E-state index in [0.29, 0.717) is 250 Å². The molecule has 9 heterocycles. The highest BCUT2D eigenvalue weighted by Gasteiger charge is 2.30. The fourth-order valence-electron chi connectivity index (χ4n) is 7.58. The van der Waals surface area contributed by atoms with E-state index in [9.17, 15) is 0 Å². The second-order valence-electron chi connectivity index (χ2n) is 16.4. The third-order valence-electron chi connectivity index (χ3n) is 11.0. The molecule has 0 spiro atoms. The van der Waals surface area contributed by atoms with Gasteiger partial charge in [0, 0.05) is 46.0 Å². The molecule has 0 unspecified atom stereocenters. The Hall–Kier alpha value is -1.36. The van der Waals surface area contributed by atoms with Crippen molar-refractivity contribution < 1.29 is 56.8 Å². The summed E-state index contributed by atoms with van der Waals surface area (Å²) in [5.41, 5.74) is 2.57. The van der Waals surface area contributed by atoms with Crippen molar-refractivity contribution in [3.63, 3.8) is 0 Å². The molecular formula is C48H66N8O12S8. The number of H-pyrrole nitrogens is 2. The summed E-state index contributed by atoms with van der Waals surface area (Å²) in [7, 11) is 0. The van der Waals surface area contributed by atoms with Crippen LogP contribution in [-0.2, 0) is 56.8 Å². The topological polar surface area (TPSA) is 220 Å². The molecule has 0 amide bonds. The lowest BCUT2D eigenvalue weighted by atomic mass is 10.4. The van der Waals surface area contributed by atoms with Gasteiger partial charge in [0.1, 0.15) is 22.6 Å². The maximum atomic E-state index is 6.06. The maximum absolute atomic E-state index is 6.06. The molecule has 0 fully saturated rings. The van der Waals surface area contributed by atoms with E-state index in [-0.39, 0.29) is 0 Å². The molecule has 6 aliphatic rings. The van der Waals surface area contributed by atoms with Crippen LogP contribution < -0.4 is 0 Å². The molecule has 8 bridgehead atoms. The average Bonchev–Trinajstić information content (AvgIpc) is 4.13. The molecule has 0 saturated heterocycles. The molecule has 0 atom stereocenters. The van der Waals surface area contributed by atoms with E-state index in [1.54, 1.807) is 94.1 Å². The van der Waals surface area contributed by atoms with E-state index < -0.39 is 0 Å². The van der Waals surface area contributed by atoms with Gasteiger partial charge in [0.2, 0.25) is 0 Å². The predicted molar refractivity (Wildman–Crippen MR) is 308 cm³/mol. The summed E-state index contributed by atoms with van der Waals surface area (Å²) < 4.78 is 71.5. The van der Waals surface area contributed by atoms with Crippen molar-refractivity contribution >= 4 is 136 Å². The summed E-state index contributed by atoms with van der Waals surface area (Å²) in [6, 6.07) is 0. The molecule has 418 valence electrons. The highest BCUT2D eigenvalue weighted by atomic mass is 32.2. The summed E-state index contributed by atoms with van der Waals surface area (Å²) in [4.78, 5) is 47.6. The molecule has 0 radical (unpaired) electrons. The third-order valence-corrected chi connectivity index (χ3v) is 20.0. The van der Waals surface area contributed by atoms with E-state index >= 15 is 0 Å². The first-order chi connectivity index (χ1) is 37.8. The molecule has 76 heavy (non-hydrogen) atoms. The van der Waals surface area contributed by atoms with E-state index in [1.165, 1.54) is 0 Å². The number of aromatic amines is 2. The number of ether oxygens (including phenoxy) is 12. The lowest BCUT2D eigenvalue weighted by Crippen LogP contribution is -2.11. The Bertz CT molecular complexity index is 2360. The van der Waals surface area contributed by atoms with E-state index in [0.717, 1.165) is 39.2 Å². The van der Waals surface area contributed by atoms with Crippen LogP contribution in [0.4, 0.5) is 0 Å². The van der Waals surface area contributed by atoms with Crippen molar-refractivity contribution in [2.45, 2.75) is 19.6 Å². The normalized spacial score (nSPS) is 22.0. The first kappa shape index (κ1) is 59.3. The highest BCUT2D eigenvalue weighted by molar-refractivity contribution is 8.14. The summed E-state index contributed by atoms with van der Waals surface area (Å²) in [6.07, 6.45) is 0. The van der Waals surface area contributed by atoms with Crippen LogP contribution in [0.25, 0.3) is 42.2 Å². The number of thioether (sulfide) groups is 8. The van der Waals surface area contributed by atoms with Crippen molar-refractivity contribution in [3.8, 4) is 0 Å². The molecule has 20 nitrogen and oxygen atoms in total. The van der Waals surface area contributed by atoms with Crippen LogP contribution in [0.15, 0.2) is 19.6 Å². The van der Waals surface area contributed by atoms with Gasteiger partial charge in [-0.1, -0.05) is 0 Å². The van der Waals surface area contributed by atoms with Crippen molar-refractivity contribution in [1.29, 1.82) is 0 Å². The Morgan fingerprint density at radius 3 is 0.632 bits per heavy atom. The smallest absolute Gasteiger partial charge is 0.171 e. The number of hydrogen-bond acceptors (Lipinski definition) is 26. The Balaban J connectivity index is 1.28. The molecule has 2 N–H and O–H groups in total. The minimum absolute atomic E-state index is 0.484. The van der Waals surface area contributed by atoms with Gasteiger partial charge in [0.15, 0.2) is 23.3 Å². The molecule has 0 saturated carbocycles. The van der Waals surface area contributed by atoms with Crippen LogP contribution in [0, 0.1) is 0 Å². The average molecular weight is 1200 g/mol. The Morgan fingerprint density at radius 1 is 0.211 bits per heavy atom. The van der Waals surface area contributed by atoms with Gasteiger partial charge in [-0.05, 0) is 0 Å². The van der Waals surface area contributed by atoms with Gasteiger partial charge in [0.05, 0.1) is 198 Å². The highest BCUT2D eigenvalue weighted by Crippen LogP contribution is 2.47. The SMILES string of the molecule is C1COCCSC2=C(SCCOCCO1)c1nc2nc2nc(nc3[nH]c(nc4[nH]c(n1)c1c4SCCOCCOCCOCCS1)c1c3SCCOCCOCCOCCS1)C1=C2SCCOCCOCCOCCS1. The zero-order valence-electron chi connectivity index (χ0n) is 42.5. The molecule has 28 heteroatoms. The Morgan fingerprint density at radius 2 is 0.395 bits per heavy atom. The van der Waals surface area contributed by atoms with Crippen LogP contribution in [-0.4, -0.2) is 244 Å². The second-order valence-corrected chi connectivity index (χ2v) is 25.2. The molecular weight excluding hydrogens is 1140 g/mol. The number of fused-ring (bicyclic) bond motifs is 18. The van der Waals surface area contributed by atoms with Gasteiger partial charge < -0.3 is 66.8 Å². The Labute approximate surface area is 477 Å². The number of aromatic nitrogens is 8. The number of nitrogens with zero attached hydrogens (tertiary/aromatic N) is 6.